The first-order valence-corrected chi connectivity index (χ1v) is 8.15. The summed E-state index contributed by atoms with van der Waals surface area (Å²) < 4.78 is 2.45. The van der Waals surface area contributed by atoms with Crippen molar-refractivity contribution in [2.45, 2.75) is 13.0 Å². The van der Waals surface area contributed by atoms with Gasteiger partial charge < -0.3 is 5.73 Å². The highest BCUT2D eigenvalue weighted by Gasteiger charge is 2.21. The maximum Gasteiger partial charge on any atom is 0.165 e. The molecule has 0 bridgehead atoms. The van der Waals surface area contributed by atoms with E-state index in [-0.39, 0.29) is 5.78 Å². The molecule has 1 aliphatic rings. The second-order valence-electron chi connectivity index (χ2n) is 5.37. The Morgan fingerprint density at radius 1 is 1.26 bits per heavy atom. The van der Waals surface area contributed by atoms with Gasteiger partial charge in [-0.1, -0.05) is 24.3 Å². The van der Waals surface area contributed by atoms with Gasteiger partial charge in [-0.25, -0.2) is 14.6 Å². The van der Waals surface area contributed by atoms with Crippen molar-refractivity contribution in [1.29, 1.82) is 0 Å². The molecule has 0 fully saturated rings. The molecule has 114 valence electrons. The average Bonchev–Trinajstić information content (AvgIpc) is 2.85. The Kier molecular flexibility index (Phi) is 3.37. The summed E-state index contributed by atoms with van der Waals surface area (Å²) in [5.74, 6) is 0.518. The summed E-state index contributed by atoms with van der Waals surface area (Å²) in [4.78, 5) is 20.7. The number of Topliss-reactive ketones (excluding diaryl/α,β-unsaturated/α-hetero) is 1. The first-order chi connectivity index (χ1) is 11.1. The number of anilines is 1. The number of benzene rings is 1. The number of hydrogen-bond acceptors (Lipinski definition) is 5. The molecule has 0 amide bonds. The Morgan fingerprint density at radius 2 is 2.09 bits per heavy atom. The minimum atomic E-state index is 0.115. The van der Waals surface area contributed by atoms with E-state index in [4.69, 9.17) is 5.73 Å². The number of ketones is 1. The maximum absolute atomic E-state index is 12.4. The highest BCUT2D eigenvalue weighted by atomic mass is 127. The van der Waals surface area contributed by atoms with Crippen molar-refractivity contribution < 1.29 is 4.79 Å². The SMILES string of the molecule is Nc1ncnc2c1c(I)nn2CC1=Cc2ccccc2CC1=O. The molecule has 0 radical (unpaired) electrons. The van der Waals surface area contributed by atoms with Gasteiger partial charge in [-0.15, -0.1) is 0 Å². The molecule has 2 heterocycles. The van der Waals surface area contributed by atoms with E-state index in [2.05, 4.69) is 37.7 Å². The van der Waals surface area contributed by atoms with Gasteiger partial charge >= 0.3 is 0 Å². The molecule has 0 aliphatic heterocycles. The number of aromatic nitrogens is 4. The lowest BCUT2D eigenvalue weighted by Crippen LogP contribution is -2.17. The van der Waals surface area contributed by atoms with Gasteiger partial charge in [0.25, 0.3) is 0 Å². The fourth-order valence-electron chi connectivity index (χ4n) is 2.78. The van der Waals surface area contributed by atoms with Gasteiger partial charge in [0.1, 0.15) is 15.8 Å². The number of halogens is 1. The van der Waals surface area contributed by atoms with Crippen LogP contribution in [0, 0.1) is 3.70 Å². The third kappa shape index (κ3) is 2.40. The predicted molar refractivity (Wildman–Crippen MR) is 95.6 cm³/mol. The summed E-state index contributed by atoms with van der Waals surface area (Å²) in [6, 6.07) is 7.94. The lowest BCUT2D eigenvalue weighted by atomic mass is 9.91. The first-order valence-electron chi connectivity index (χ1n) is 7.07. The van der Waals surface area contributed by atoms with Crippen LogP contribution in [0.2, 0.25) is 0 Å². The summed E-state index contributed by atoms with van der Waals surface area (Å²) in [6.07, 6.45) is 3.78. The monoisotopic (exact) mass is 417 g/mol. The van der Waals surface area contributed by atoms with Crippen molar-refractivity contribution in [3.05, 3.63) is 51.0 Å². The second kappa shape index (κ2) is 5.41. The number of nitrogens with zero attached hydrogens (tertiary/aromatic N) is 4. The van der Waals surface area contributed by atoms with Gasteiger partial charge in [0.15, 0.2) is 11.4 Å². The van der Waals surface area contributed by atoms with Crippen molar-refractivity contribution in [2.24, 2.45) is 0 Å². The van der Waals surface area contributed by atoms with E-state index in [1.807, 2.05) is 30.3 Å². The molecule has 0 atom stereocenters. The summed E-state index contributed by atoms with van der Waals surface area (Å²) in [5, 5.41) is 5.20. The van der Waals surface area contributed by atoms with Crippen LogP contribution in [0.4, 0.5) is 5.82 Å². The normalized spacial score (nSPS) is 14.0. The van der Waals surface area contributed by atoms with Crippen LogP contribution >= 0.6 is 22.6 Å². The van der Waals surface area contributed by atoms with Gasteiger partial charge in [-0.05, 0) is 39.8 Å². The summed E-state index contributed by atoms with van der Waals surface area (Å²) in [6.45, 7) is 0.378. The van der Waals surface area contributed by atoms with E-state index in [0.29, 0.717) is 24.4 Å². The van der Waals surface area contributed by atoms with Gasteiger partial charge in [-0.3, -0.25) is 4.79 Å². The summed E-state index contributed by atoms with van der Waals surface area (Å²) in [7, 11) is 0. The minimum absolute atomic E-state index is 0.115. The zero-order chi connectivity index (χ0) is 16.0. The van der Waals surface area contributed by atoms with Crippen molar-refractivity contribution in [2.75, 3.05) is 5.73 Å². The second-order valence-corrected chi connectivity index (χ2v) is 6.40. The van der Waals surface area contributed by atoms with Crippen molar-refractivity contribution in [3.8, 4) is 0 Å². The minimum Gasteiger partial charge on any atom is -0.383 e. The van der Waals surface area contributed by atoms with Crippen LogP contribution in [0.3, 0.4) is 0 Å². The van der Waals surface area contributed by atoms with Crippen molar-refractivity contribution >= 4 is 51.3 Å². The maximum atomic E-state index is 12.4. The van der Waals surface area contributed by atoms with Crippen LogP contribution in [0.25, 0.3) is 17.1 Å². The molecule has 0 saturated heterocycles. The molecule has 0 saturated carbocycles. The van der Waals surface area contributed by atoms with Gasteiger partial charge in [0, 0.05) is 12.0 Å². The number of carbonyl (C=O) groups is 1. The number of nitrogen functional groups attached to an aromatic ring is 1. The number of allylic oxidation sites excluding steroid dienone is 1. The Hall–Kier alpha value is -2.29. The Bertz CT molecular complexity index is 976. The molecular weight excluding hydrogens is 405 g/mol. The standard InChI is InChI=1S/C16H12IN5O/c17-14-13-15(18)19-8-20-16(13)22(21-14)7-11-5-9-3-1-2-4-10(9)6-12(11)23/h1-5,8H,6-7H2,(H2,18,19,20). The topological polar surface area (TPSA) is 86.7 Å². The van der Waals surface area contributed by atoms with Crippen LogP contribution < -0.4 is 5.73 Å². The van der Waals surface area contributed by atoms with E-state index >= 15 is 0 Å². The average molecular weight is 417 g/mol. The molecule has 4 rings (SSSR count). The fraction of sp³-hybridized carbons (Fsp3) is 0.125. The molecule has 1 aliphatic carbocycles. The Morgan fingerprint density at radius 3 is 2.96 bits per heavy atom. The fourth-order valence-corrected chi connectivity index (χ4v) is 3.56. The zero-order valence-corrected chi connectivity index (χ0v) is 14.2. The van der Waals surface area contributed by atoms with Crippen LogP contribution in [-0.2, 0) is 17.8 Å². The van der Waals surface area contributed by atoms with Crippen LogP contribution in [0.1, 0.15) is 11.1 Å². The van der Waals surface area contributed by atoms with Gasteiger partial charge in [0.05, 0.1) is 11.9 Å². The molecule has 2 aromatic heterocycles. The van der Waals surface area contributed by atoms with Crippen LogP contribution in [0.5, 0.6) is 0 Å². The van der Waals surface area contributed by atoms with Crippen molar-refractivity contribution in [3.63, 3.8) is 0 Å². The van der Waals surface area contributed by atoms with E-state index in [1.165, 1.54) is 6.33 Å². The summed E-state index contributed by atoms with van der Waals surface area (Å²) >= 11 is 2.11. The summed E-state index contributed by atoms with van der Waals surface area (Å²) in [5.41, 5.74) is 9.42. The molecule has 23 heavy (non-hydrogen) atoms. The van der Waals surface area contributed by atoms with Gasteiger partial charge in [-0.2, -0.15) is 5.10 Å². The number of hydrogen-bond donors (Lipinski definition) is 1. The highest BCUT2D eigenvalue weighted by molar-refractivity contribution is 14.1. The van der Waals surface area contributed by atoms with E-state index in [9.17, 15) is 4.79 Å². The van der Waals surface area contributed by atoms with Gasteiger partial charge in [0.2, 0.25) is 0 Å². The number of nitrogens with two attached hydrogens (primary N) is 1. The quantitative estimate of drug-likeness (QED) is 0.647. The molecule has 3 aromatic rings. The number of carbonyl (C=O) groups excluding carboxylic acids is 1. The molecule has 0 spiro atoms. The predicted octanol–water partition coefficient (Wildman–Crippen LogP) is 2.22. The Labute approximate surface area is 145 Å². The molecular formula is C16H12IN5O. The lowest BCUT2D eigenvalue weighted by Gasteiger charge is -2.15. The number of rotatable bonds is 2. The molecule has 7 heteroatoms. The van der Waals surface area contributed by atoms with Crippen LogP contribution in [0.15, 0.2) is 36.2 Å². The highest BCUT2D eigenvalue weighted by Crippen LogP contribution is 2.26. The Balaban J connectivity index is 1.78. The largest absolute Gasteiger partial charge is 0.383 e. The molecule has 0 unspecified atom stereocenters. The van der Waals surface area contributed by atoms with E-state index in [0.717, 1.165) is 25.8 Å². The molecule has 2 N–H and O–H groups in total. The smallest absolute Gasteiger partial charge is 0.165 e. The molecule has 6 nitrogen and oxygen atoms in total. The lowest BCUT2D eigenvalue weighted by molar-refractivity contribution is -0.115. The number of fused-ring (bicyclic) bond motifs is 2. The van der Waals surface area contributed by atoms with E-state index in [1.54, 1.807) is 4.68 Å². The zero-order valence-electron chi connectivity index (χ0n) is 12.0. The molecule has 1 aromatic carbocycles. The van der Waals surface area contributed by atoms with Crippen molar-refractivity contribution in [1.82, 2.24) is 19.7 Å². The van der Waals surface area contributed by atoms with E-state index < -0.39 is 0 Å². The third-order valence-electron chi connectivity index (χ3n) is 3.93. The third-order valence-corrected chi connectivity index (χ3v) is 4.69. The first kappa shape index (κ1) is 14.3. The van der Waals surface area contributed by atoms with Crippen LogP contribution in [-0.4, -0.2) is 25.5 Å².